The van der Waals surface area contributed by atoms with Gasteiger partial charge in [0.05, 0.1) is 6.42 Å². The molecule has 2 amide bonds. The van der Waals surface area contributed by atoms with Crippen LogP contribution in [0, 0.1) is 5.92 Å². The van der Waals surface area contributed by atoms with Crippen LogP contribution in [0.1, 0.15) is 52.4 Å². The predicted molar refractivity (Wildman–Crippen MR) is 78.7 cm³/mol. The molecule has 1 aliphatic rings. The number of hydrogen-bond acceptors (Lipinski definition) is 2. The minimum atomic E-state index is -0.862. The first-order valence-corrected chi connectivity index (χ1v) is 7.65. The molecule has 0 radical (unpaired) electrons. The van der Waals surface area contributed by atoms with Crippen LogP contribution in [0.5, 0.6) is 0 Å². The summed E-state index contributed by atoms with van der Waals surface area (Å²) < 4.78 is 0. The van der Waals surface area contributed by atoms with Crippen LogP contribution in [0.25, 0.3) is 0 Å². The summed E-state index contributed by atoms with van der Waals surface area (Å²) in [6.45, 7) is 5.37. The lowest BCUT2D eigenvalue weighted by Gasteiger charge is -2.33. The first-order valence-electron chi connectivity index (χ1n) is 7.65. The van der Waals surface area contributed by atoms with Gasteiger partial charge in [-0.1, -0.05) is 26.7 Å². The summed E-state index contributed by atoms with van der Waals surface area (Å²) in [6, 6.07) is 0.326. The number of aliphatic carboxylic acids is 1. The number of amides is 2. The second-order valence-corrected chi connectivity index (χ2v) is 6.16. The Bertz CT molecular complexity index is 325. The lowest BCUT2D eigenvalue weighted by Crippen LogP contribution is -2.47. The minimum Gasteiger partial charge on any atom is -0.481 e. The third kappa shape index (κ3) is 5.39. The maximum atomic E-state index is 12.5. The zero-order chi connectivity index (χ0) is 15.1. The third-order valence-electron chi connectivity index (χ3n) is 3.95. The van der Waals surface area contributed by atoms with E-state index in [9.17, 15) is 9.59 Å². The average molecular weight is 284 g/mol. The van der Waals surface area contributed by atoms with Gasteiger partial charge < -0.3 is 14.9 Å². The Hall–Kier alpha value is -1.26. The van der Waals surface area contributed by atoms with Gasteiger partial charge in [0.1, 0.15) is 0 Å². The summed E-state index contributed by atoms with van der Waals surface area (Å²) in [5.74, 6) is -0.296. The van der Waals surface area contributed by atoms with Crippen molar-refractivity contribution >= 4 is 12.0 Å². The molecule has 0 atom stereocenters. The summed E-state index contributed by atoms with van der Waals surface area (Å²) in [4.78, 5) is 26.6. The summed E-state index contributed by atoms with van der Waals surface area (Å²) in [5.41, 5.74) is 0. The van der Waals surface area contributed by atoms with Gasteiger partial charge in [-0.05, 0) is 25.2 Å². The van der Waals surface area contributed by atoms with Gasteiger partial charge in [-0.15, -0.1) is 0 Å². The second-order valence-electron chi connectivity index (χ2n) is 6.16. The van der Waals surface area contributed by atoms with E-state index in [0.717, 1.165) is 25.8 Å². The van der Waals surface area contributed by atoms with Crippen molar-refractivity contribution in [1.29, 1.82) is 0 Å². The van der Waals surface area contributed by atoms with E-state index < -0.39 is 5.97 Å². The van der Waals surface area contributed by atoms with Crippen molar-refractivity contribution < 1.29 is 14.7 Å². The van der Waals surface area contributed by atoms with Gasteiger partial charge >= 0.3 is 12.0 Å². The summed E-state index contributed by atoms with van der Waals surface area (Å²) in [5, 5.41) is 8.72. The fourth-order valence-corrected chi connectivity index (χ4v) is 2.63. The average Bonchev–Trinajstić information content (AvgIpc) is 2.89. The molecule has 1 rings (SSSR count). The van der Waals surface area contributed by atoms with Crippen LogP contribution in [0.2, 0.25) is 0 Å². The molecule has 1 aliphatic carbocycles. The molecule has 0 aromatic rings. The summed E-state index contributed by atoms with van der Waals surface area (Å²) in [6.07, 6.45) is 5.54. The first-order chi connectivity index (χ1) is 9.41. The van der Waals surface area contributed by atoms with Gasteiger partial charge in [0, 0.05) is 26.2 Å². The lowest BCUT2D eigenvalue weighted by atomic mass is 10.1. The summed E-state index contributed by atoms with van der Waals surface area (Å²) in [7, 11) is 1.70. The molecule has 116 valence electrons. The molecular formula is C15H28N2O3. The molecule has 0 unspecified atom stereocenters. The highest BCUT2D eigenvalue weighted by Crippen LogP contribution is 2.25. The quantitative estimate of drug-likeness (QED) is 0.782. The second kappa shape index (κ2) is 8.12. The largest absolute Gasteiger partial charge is 0.481 e. The van der Waals surface area contributed by atoms with Crippen LogP contribution >= 0.6 is 0 Å². The van der Waals surface area contributed by atoms with Crippen LogP contribution < -0.4 is 0 Å². The molecule has 0 saturated heterocycles. The van der Waals surface area contributed by atoms with E-state index in [2.05, 4.69) is 13.8 Å². The lowest BCUT2D eigenvalue weighted by molar-refractivity contribution is -0.137. The molecule has 0 bridgehead atoms. The molecule has 0 aromatic heterocycles. The smallest absolute Gasteiger partial charge is 0.320 e. The monoisotopic (exact) mass is 284 g/mol. The number of hydrogen-bond donors (Lipinski definition) is 1. The van der Waals surface area contributed by atoms with Gasteiger partial charge in [-0.25, -0.2) is 4.79 Å². The van der Waals surface area contributed by atoms with Crippen LogP contribution in [0.15, 0.2) is 0 Å². The highest BCUT2D eigenvalue weighted by atomic mass is 16.4. The number of carbonyl (C=O) groups excluding carboxylic acids is 1. The van der Waals surface area contributed by atoms with Crippen molar-refractivity contribution in [1.82, 2.24) is 9.80 Å². The number of carboxylic acids is 1. The van der Waals surface area contributed by atoms with Crippen molar-refractivity contribution in [3.05, 3.63) is 0 Å². The molecular weight excluding hydrogens is 256 g/mol. The number of carboxylic acid groups (broad SMARTS) is 1. The molecule has 20 heavy (non-hydrogen) atoms. The number of carbonyl (C=O) groups is 2. The van der Waals surface area contributed by atoms with E-state index in [4.69, 9.17) is 5.11 Å². The summed E-state index contributed by atoms with van der Waals surface area (Å²) >= 11 is 0. The standard InChI is InChI=1S/C15H28N2O3/c1-12(2)8-11-17(13-6-4-5-7-13)15(20)16(3)10-9-14(18)19/h12-13H,4-11H2,1-3H3,(H,18,19). The number of rotatable bonds is 7. The molecule has 0 heterocycles. The van der Waals surface area contributed by atoms with Gasteiger partial charge in [-0.2, -0.15) is 0 Å². The van der Waals surface area contributed by atoms with E-state index in [-0.39, 0.29) is 19.0 Å². The van der Waals surface area contributed by atoms with Crippen LogP contribution in [0.4, 0.5) is 4.79 Å². The van der Waals surface area contributed by atoms with E-state index in [1.54, 1.807) is 11.9 Å². The third-order valence-corrected chi connectivity index (χ3v) is 3.95. The Balaban J connectivity index is 2.59. The van der Waals surface area contributed by atoms with E-state index in [1.165, 1.54) is 12.8 Å². The Morgan fingerprint density at radius 3 is 2.30 bits per heavy atom. The Morgan fingerprint density at radius 2 is 1.80 bits per heavy atom. The fourth-order valence-electron chi connectivity index (χ4n) is 2.63. The SMILES string of the molecule is CC(C)CCN(C(=O)N(C)CCC(=O)O)C1CCCC1. The van der Waals surface area contributed by atoms with Crippen LogP contribution in [-0.2, 0) is 4.79 Å². The zero-order valence-electron chi connectivity index (χ0n) is 13.0. The van der Waals surface area contributed by atoms with Crippen molar-refractivity contribution in [2.24, 2.45) is 5.92 Å². The minimum absolute atomic E-state index is 0.00489. The van der Waals surface area contributed by atoms with E-state index in [1.807, 2.05) is 4.90 Å². The highest BCUT2D eigenvalue weighted by Gasteiger charge is 2.28. The number of nitrogens with zero attached hydrogens (tertiary/aromatic N) is 2. The normalized spacial score (nSPS) is 15.6. The molecule has 1 fully saturated rings. The van der Waals surface area contributed by atoms with E-state index >= 15 is 0 Å². The highest BCUT2D eigenvalue weighted by molar-refractivity contribution is 5.75. The Morgan fingerprint density at radius 1 is 1.20 bits per heavy atom. The molecule has 5 heteroatoms. The van der Waals surface area contributed by atoms with Crippen molar-refractivity contribution in [2.75, 3.05) is 20.1 Å². The number of urea groups is 1. The molecule has 1 saturated carbocycles. The van der Waals surface area contributed by atoms with Gasteiger partial charge in [0.2, 0.25) is 0 Å². The Kier molecular flexibility index (Phi) is 6.82. The fraction of sp³-hybridized carbons (Fsp3) is 0.867. The van der Waals surface area contributed by atoms with Crippen molar-refractivity contribution in [3.63, 3.8) is 0 Å². The maximum Gasteiger partial charge on any atom is 0.320 e. The molecule has 0 aliphatic heterocycles. The Labute approximate surface area is 121 Å². The topological polar surface area (TPSA) is 60.9 Å². The van der Waals surface area contributed by atoms with Gasteiger partial charge in [0.25, 0.3) is 0 Å². The van der Waals surface area contributed by atoms with Crippen molar-refractivity contribution in [2.45, 2.75) is 58.4 Å². The molecule has 0 aromatic carbocycles. The first kappa shape index (κ1) is 16.8. The van der Waals surface area contributed by atoms with Crippen molar-refractivity contribution in [3.8, 4) is 0 Å². The van der Waals surface area contributed by atoms with Crippen LogP contribution in [0.3, 0.4) is 0 Å². The van der Waals surface area contributed by atoms with Crippen LogP contribution in [-0.4, -0.2) is 53.1 Å². The molecule has 5 nitrogen and oxygen atoms in total. The molecule has 1 N–H and O–H groups in total. The predicted octanol–water partition coefficient (Wildman–Crippen LogP) is 2.80. The maximum absolute atomic E-state index is 12.5. The molecule has 0 spiro atoms. The van der Waals surface area contributed by atoms with Gasteiger partial charge in [0.15, 0.2) is 0 Å². The van der Waals surface area contributed by atoms with Gasteiger partial charge in [-0.3, -0.25) is 4.79 Å². The van der Waals surface area contributed by atoms with E-state index in [0.29, 0.717) is 12.0 Å². The zero-order valence-corrected chi connectivity index (χ0v) is 13.0.